The number of carboxylic acids is 3. The minimum Gasteiger partial charge on any atom is -0.480 e. The topological polar surface area (TPSA) is 148 Å². The van der Waals surface area contributed by atoms with Gasteiger partial charge in [-0.15, -0.1) is 4.91 Å². The molecule has 0 fully saturated rings. The summed E-state index contributed by atoms with van der Waals surface area (Å²) in [6.45, 7) is -1.94. The lowest BCUT2D eigenvalue weighted by atomic mass is 10.4. The predicted molar refractivity (Wildman–Crippen MR) is 56.7 cm³/mol. The molecule has 0 saturated heterocycles. The third kappa shape index (κ3) is 7.98. The van der Waals surface area contributed by atoms with E-state index in [0.717, 1.165) is 4.90 Å². The van der Waals surface area contributed by atoms with Crippen molar-refractivity contribution in [3.05, 3.63) is 4.91 Å². The second-order valence-electron chi connectivity index (χ2n) is 3.36. The maximum atomic E-state index is 10.5. The summed E-state index contributed by atoms with van der Waals surface area (Å²) in [5.74, 6) is -3.71. The number of hydrogen-bond donors (Lipinski definition) is 3. The highest BCUT2D eigenvalue weighted by atomic mass is 16.4. The third-order valence-electron chi connectivity index (χ3n) is 1.83. The number of aliphatic carboxylic acids is 3. The lowest BCUT2D eigenvalue weighted by molar-refractivity contribution is -0.143. The van der Waals surface area contributed by atoms with E-state index in [1.165, 1.54) is 0 Å². The van der Waals surface area contributed by atoms with Gasteiger partial charge < -0.3 is 15.3 Å². The van der Waals surface area contributed by atoms with Crippen molar-refractivity contribution in [2.45, 2.75) is 0 Å². The molecule has 0 aromatic carbocycles. The van der Waals surface area contributed by atoms with Gasteiger partial charge in [0.05, 0.1) is 24.9 Å². The Kier molecular flexibility index (Phi) is 6.96. The van der Waals surface area contributed by atoms with Crippen molar-refractivity contribution in [2.75, 3.05) is 32.7 Å². The van der Waals surface area contributed by atoms with Gasteiger partial charge in [0.25, 0.3) is 0 Å². The average molecular weight is 263 g/mol. The first-order valence-corrected chi connectivity index (χ1v) is 4.81. The Balaban J connectivity index is 4.29. The number of carboxylic acid groups (broad SMARTS) is 3. The zero-order valence-electron chi connectivity index (χ0n) is 9.35. The molecule has 0 aromatic rings. The Hall–Kier alpha value is -2.23. The molecular weight excluding hydrogens is 250 g/mol. The van der Waals surface area contributed by atoms with Crippen LogP contribution in [-0.4, -0.2) is 75.9 Å². The van der Waals surface area contributed by atoms with Gasteiger partial charge >= 0.3 is 17.9 Å². The molecule has 0 aliphatic rings. The fourth-order valence-electron chi connectivity index (χ4n) is 1.16. The number of hydrogen-bond acceptors (Lipinski definition) is 6. The van der Waals surface area contributed by atoms with Crippen LogP contribution in [0.1, 0.15) is 0 Å². The Labute approximate surface area is 101 Å². The fraction of sp³-hybridized carbons (Fsp3) is 0.625. The normalized spacial score (nSPS) is 10.1. The summed E-state index contributed by atoms with van der Waals surface area (Å²) < 4.78 is 0. The molecule has 0 unspecified atom stereocenters. The molecule has 0 radical (unpaired) electrons. The summed E-state index contributed by atoms with van der Waals surface area (Å²) in [5, 5.41) is 28.6. The van der Waals surface area contributed by atoms with E-state index in [1.54, 1.807) is 0 Å². The van der Waals surface area contributed by atoms with E-state index in [-0.39, 0.29) is 13.1 Å². The Morgan fingerprint density at radius 2 is 1.28 bits per heavy atom. The standard InChI is InChI=1S/C8H13N3O7/c12-6(13)3-10(4-7(14)15)1-2-11(9-18)5-8(16)17/h1-5H2,(H,12,13)(H,14,15)(H,16,17). The van der Waals surface area contributed by atoms with Crippen LogP contribution in [0.15, 0.2) is 5.29 Å². The highest BCUT2D eigenvalue weighted by Gasteiger charge is 2.16. The molecule has 0 amide bonds. The molecule has 0 bridgehead atoms. The van der Waals surface area contributed by atoms with Crippen LogP contribution in [0.3, 0.4) is 0 Å². The molecule has 0 aliphatic carbocycles. The van der Waals surface area contributed by atoms with Crippen molar-refractivity contribution < 1.29 is 29.7 Å². The molecule has 0 heterocycles. The molecule has 0 aromatic heterocycles. The lowest BCUT2D eigenvalue weighted by Gasteiger charge is -2.20. The summed E-state index contributed by atoms with van der Waals surface area (Å²) in [6, 6.07) is 0. The van der Waals surface area contributed by atoms with E-state index in [1.807, 2.05) is 0 Å². The van der Waals surface area contributed by atoms with Gasteiger partial charge in [-0.25, -0.2) is 5.01 Å². The van der Waals surface area contributed by atoms with Crippen LogP contribution in [-0.2, 0) is 14.4 Å². The van der Waals surface area contributed by atoms with E-state index >= 15 is 0 Å². The molecule has 3 N–H and O–H groups in total. The molecule has 0 atom stereocenters. The van der Waals surface area contributed by atoms with Gasteiger partial charge in [0.15, 0.2) is 0 Å². The van der Waals surface area contributed by atoms with Crippen LogP contribution in [0.25, 0.3) is 0 Å². The van der Waals surface area contributed by atoms with Crippen molar-refractivity contribution >= 4 is 17.9 Å². The molecule has 102 valence electrons. The van der Waals surface area contributed by atoms with Gasteiger partial charge in [-0.05, 0) is 0 Å². The summed E-state index contributed by atoms with van der Waals surface area (Å²) in [4.78, 5) is 42.5. The van der Waals surface area contributed by atoms with Crippen LogP contribution >= 0.6 is 0 Å². The van der Waals surface area contributed by atoms with Crippen molar-refractivity contribution in [3.63, 3.8) is 0 Å². The average Bonchev–Trinajstić information content (AvgIpc) is 2.21. The molecule has 0 spiro atoms. The Morgan fingerprint density at radius 1 is 0.833 bits per heavy atom. The number of carbonyl (C=O) groups is 3. The van der Waals surface area contributed by atoms with Crippen LogP contribution < -0.4 is 0 Å². The summed E-state index contributed by atoms with van der Waals surface area (Å²) in [7, 11) is 0. The van der Waals surface area contributed by atoms with E-state index in [9.17, 15) is 19.3 Å². The van der Waals surface area contributed by atoms with Crippen molar-refractivity contribution in [1.29, 1.82) is 0 Å². The van der Waals surface area contributed by atoms with E-state index < -0.39 is 37.5 Å². The number of nitrogens with zero attached hydrogens (tertiary/aromatic N) is 3. The third-order valence-corrected chi connectivity index (χ3v) is 1.83. The second-order valence-corrected chi connectivity index (χ2v) is 3.36. The zero-order chi connectivity index (χ0) is 14.1. The van der Waals surface area contributed by atoms with Gasteiger partial charge in [-0.3, -0.25) is 19.3 Å². The smallest absolute Gasteiger partial charge is 0.325 e. The predicted octanol–water partition coefficient (Wildman–Crippen LogP) is -1.47. The van der Waals surface area contributed by atoms with Gasteiger partial charge in [0.1, 0.15) is 6.54 Å². The van der Waals surface area contributed by atoms with Gasteiger partial charge in [-0.2, -0.15) is 0 Å². The molecule has 0 saturated carbocycles. The quantitative estimate of drug-likeness (QED) is 0.317. The number of rotatable bonds is 10. The molecule has 10 nitrogen and oxygen atoms in total. The summed E-state index contributed by atoms with van der Waals surface area (Å²) in [5.41, 5.74) is 0. The van der Waals surface area contributed by atoms with E-state index in [2.05, 4.69) is 5.29 Å². The van der Waals surface area contributed by atoms with Crippen molar-refractivity contribution in [3.8, 4) is 0 Å². The van der Waals surface area contributed by atoms with Crippen LogP contribution in [0.4, 0.5) is 0 Å². The Bertz CT molecular complexity index is 317. The Morgan fingerprint density at radius 3 is 1.61 bits per heavy atom. The maximum Gasteiger partial charge on any atom is 0.325 e. The van der Waals surface area contributed by atoms with Crippen molar-refractivity contribution in [2.24, 2.45) is 5.29 Å². The molecular formula is C8H13N3O7. The summed E-state index contributed by atoms with van der Waals surface area (Å²) in [6.07, 6.45) is 0. The van der Waals surface area contributed by atoms with E-state index in [4.69, 9.17) is 15.3 Å². The number of nitroso groups, excluding NO2 is 1. The summed E-state index contributed by atoms with van der Waals surface area (Å²) >= 11 is 0. The lowest BCUT2D eigenvalue weighted by Crippen LogP contribution is -2.40. The monoisotopic (exact) mass is 263 g/mol. The minimum atomic E-state index is -1.27. The minimum absolute atomic E-state index is 0.0996. The molecule has 0 aliphatic heterocycles. The highest BCUT2D eigenvalue weighted by molar-refractivity contribution is 5.72. The first-order chi connectivity index (χ1) is 8.35. The zero-order valence-corrected chi connectivity index (χ0v) is 9.35. The van der Waals surface area contributed by atoms with Gasteiger partial charge in [-0.1, -0.05) is 0 Å². The van der Waals surface area contributed by atoms with Crippen LogP contribution in [0, 0.1) is 4.91 Å². The maximum absolute atomic E-state index is 10.5. The van der Waals surface area contributed by atoms with E-state index in [0.29, 0.717) is 5.01 Å². The van der Waals surface area contributed by atoms with Crippen molar-refractivity contribution in [1.82, 2.24) is 9.91 Å². The molecule has 10 heteroatoms. The first kappa shape index (κ1) is 15.8. The SMILES string of the molecule is O=NN(CCN(CC(=O)O)CC(=O)O)CC(=O)O. The van der Waals surface area contributed by atoms with Crippen LogP contribution in [0.5, 0.6) is 0 Å². The fourth-order valence-corrected chi connectivity index (χ4v) is 1.16. The molecule has 18 heavy (non-hydrogen) atoms. The highest BCUT2D eigenvalue weighted by Crippen LogP contribution is 1.94. The second kappa shape index (κ2) is 7.95. The van der Waals surface area contributed by atoms with Gasteiger partial charge in [0.2, 0.25) is 0 Å². The molecule has 0 rings (SSSR count). The first-order valence-electron chi connectivity index (χ1n) is 4.81. The van der Waals surface area contributed by atoms with Crippen LogP contribution in [0.2, 0.25) is 0 Å². The van der Waals surface area contributed by atoms with Gasteiger partial charge in [0, 0.05) is 6.54 Å². The largest absolute Gasteiger partial charge is 0.480 e.